The first-order chi connectivity index (χ1) is 12.5. The van der Waals surface area contributed by atoms with Crippen molar-refractivity contribution in [2.24, 2.45) is 28.9 Å². The van der Waals surface area contributed by atoms with Crippen molar-refractivity contribution in [2.45, 2.75) is 51.6 Å². The van der Waals surface area contributed by atoms with Crippen molar-refractivity contribution in [3.63, 3.8) is 0 Å². The number of halogens is 6. The fourth-order valence-electron chi connectivity index (χ4n) is 4.23. The number of nitrogens with two attached hydrogens (primary N) is 1. The molecule has 160 valence electrons. The highest BCUT2D eigenvalue weighted by molar-refractivity contribution is 5.94. The Balaban J connectivity index is 2.36. The van der Waals surface area contributed by atoms with Crippen LogP contribution in [0, 0.1) is 23.2 Å². The largest absolute Gasteiger partial charge is 0.471 e. The Labute approximate surface area is 156 Å². The molecule has 1 aliphatic carbocycles. The van der Waals surface area contributed by atoms with Crippen LogP contribution in [0.5, 0.6) is 0 Å². The smallest absolute Gasteiger partial charge is 0.368 e. The van der Waals surface area contributed by atoms with Gasteiger partial charge in [-0.15, -0.1) is 0 Å². The predicted octanol–water partition coefficient (Wildman–Crippen LogP) is 1.59. The number of amides is 3. The number of piperidine rings is 1. The van der Waals surface area contributed by atoms with Gasteiger partial charge in [0.15, 0.2) is 0 Å². The summed E-state index contributed by atoms with van der Waals surface area (Å²) in [5, 5.41) is 1.17. The maximum atomic E-state index is 13.3. The summed E-state index contributed by atoms with van der Waals surface area (Å²) in [6.45, 7) is 4.52. The van der Waals surface area contributed by atoms with E-state index in [9.17, 15) is 40.7 Å². The molecule has 3 amide bonds. The maximum Gasteiger partial charge on any atom is 0.471 e. The number of hydrogen-bond acceptors (Lipinski definition) is 3. The van der Waals surface area contributed by atoms with Gasteiger partial charge in [-0.3, -0.25) is 14.4 Å². The molecule has 0 aromatic rings. The average Bonchev–Trinajstić information content (AvgIpc) is 2.90. The summed E-state index contributed by atoms with van der Waals surface area (Å²) in [7, 11) is 0. The second-order valence-corrected chi connectivity index (χ2v) is 7.80. The third-order valence-corrected chi connectivity index (χ3v) is 5.86. The van der Waals surface area contributed by atoms with E-state index < -0.39 is 54.5 Å². The van der Waals surface area contributed by atoms with Crippen LogP contribution in [-0.4, -0.2) is 53.6 Å². The van der Waals surface area contributed by atoms with Crippen molar-refractivity contribution >= 4 is 17.7 Å². The normalized spacial score (nSPS) is 28.3. The number of primary amides is 1. The number of nitrogens with zero attached hydrogens (tertiary/aromatic N) is 1. The highest BCUT2D eigenvalue weighted by Crippen LogP contribution is 2.64. The van der Waals surface area contributed by atoms with E-state index in [-0.39, 0.29) is 23.8 Å². The van der Waals surface area contributed by atoms with Gasteiger partial charge in [0, 0.05) is 6.54 Å². The number of carbonyl (C=O) groups is 3. The van der Waals surface area contributed by atoms with Crippen LogP contribution in [0.3, 0.4) is 0 Å². The maximum absolute atomic E-state index is 13.3. The predicted molar refractivity (Wildman–Crippen MR) is 83.3 cm³/mol. The Morgan fingerprint density at radius 2 is 1.71 bits per heavy atom. The molecule has 2 aliphatic rings. The van der Waals surface area contributed by atoms with Gasteiger partial charge in [0.05, 0.1) is 5.92 Å². The number of nitrogens with one attached hydrogen (secondary N) is 1. The second-order valence-electron chi connectivity index (χ2n) is 7.80. The molecule has 2 rings (SSSR count). The summed E-state index contributed by atoms with van der Waals surface area (Å²) in [6.07, 6.45) is -11.3. The number of fused-ring (bicyclic) bond motifs is 1. The van der Waals surface area contributed by atoms with Gasteiger partial charge in [-0.1, -0.05) is 20.8 Å². The van der Waals surface area contributed by atoms with Crippen LogP contribution >= 0.6 is 0 Å². The molecule has 0 radical (unpaired) electrons. The Bertz CT molecular complexity index is 676. The molecular weight excluding hydrogens is 396 g/mol. The molecule has 0 bridgehead atoms. The molecule has 0 aromatic heterocycles. The lowest BCUT2D eigenvalue weighted by Crippen LogP contribution is -2.60. The Hall–Kier alpha value is -2.01. The average molecular weight is 417 g/mol. The van der Waals surface area contributed by atoms with Crippen LogP contribution in [-0.2, 0) is 14.4 Å². The van der Waals surface area contributed by atoms with E-state index in [0.29, 0.717) is 0 Å². The lowest BCUT2D eigenvalue weighted by Gasteiger charge is -2.35. The fraction of sp³-hybridized carbons (Fsp3) is 0.812. The van der Waals surface area contributed by atoms with E-state index in [2.05, 4.69) is 0 Å². The van der Waals surface area contributed by atoms with Gasteiger partial charge in [-0.05, 0) is 23.7 Å². The van der Waals surface area contributed by atoms with Crippen molar-refractivity contribution in [3.05, 3.63) is 0 Å². The minimum Gasteiger partial charge on any atom is -0.368 e. The van der Waals surface area contributed by atoms with E-state index in [1.54, 1.807) is 13.8 Å². The zero-order chi connectivity index (χ0) is 21.8. The summed E-state index contributed by atoms with van der Waals surface area (Å²) in [5.41, 5.74) is 4.94. The van der Waals surface area contributed by atoms with Gasteiger partial charge < -0.3 is 16.0 Å². The molecule has 2 fully saturated rings. The number of alkyl halides is 6. The van der Waals surface area contributed by atoms with E-state index in [0.717, 1.165) is 11.8 Å². The quantitative estimate of drug-likeness (QED) is 0.666. The SMILES string of the molecule is CCC(C(NC(=O)C(F)(F)F)C(=O)N1CC2C(C1C(N)=O)C2(C)C)C(F)(F)F. The molecule has 1 aliphatic heterocycles. The minimum atomic E-state index is -5.47. The second kappa shape index (κ2) is 6.80. The summed E-state index contributed by atoms with van der Waals surface area (Å²) in [6, 6.07) is -3.75. The molecule has 12 heteroatoms. The molecule has 5 atom stereocenters. The van der Waals surface area contributed by atoms with Crippen LogP contribution in [0.2, 0.25) is 0 Å². The van der Waals surface area contributed by atoms with Crippen molar-refractivity contribution in [2.75, 3.05) is 6.54 Å². The van der Waals surface area contributed by atoms with E-state index in [1.165, 1.54) is 5.32 Å². The number of carbonyl (C=O) groups excluding carboxylic acids is 3. The molecule has 28 heavy (non-hydrogen) atoms. The minimum absolute atomic E-state index is 0.114. The first kappa shape index (κ1) is 22.3. The molecule has 1 saturated heterocycles. The first-order valence-electron chi connectivity index (χ1n) is 8.59. The summed E-state index contributed by atoms with van der Waals surface area (Å²) in [4.78, 5) is 36.6. The van der Waals surface area contributed by atoms with Crippen molar-refractivity contribution in [3.8, 4) is 0 Å². The number of hydrogen-bond donors (Lipinski definition) is 2. The van der Waals surface area contributed by atoms with E-state index in [1.807, 2.05) is 0 Å². The monoisotopic (exact) mass is 417 g/mol. The van der Waals surface area contributed by atoms with E-state index in [4.69, 9.17) is 5.73 Å². The molecule has 3 N–H and O–H groups in total. The number of rotatable bonds is 5. The van der Waals surface area contributed by atoms with Crippen molar-refractivity contribution < 1.29 is 40.7 Å². The lowest BCUT2D eigenvalue weighted by molar-refractivity contribution is -0.195. The zero-order valence-corrected chi connectivity index (χ0v) is 15.3. The van der Waals surface area contributed by atoms with Gasteiger partial charge in [0.1, 0.15) is 12.1 Å². The van der Waals surface area contributed by atoms with Crippen molar-refractivity contribution in [1.82, 2.24) is 10.2 Å². The molecule has 1 saturated carbocycles. The number of likely N-dealkylation sites (tertiary alicyclic amines) is 1. The molecule has 0 aromatic carbocycles. The van der Waals surface area contributed by atoms with Crippen LogP contribution in [0.25, 0.3) is 0 Å². The third kappa shape index (κ3) is 3.77. The Kier molecular flexibility index (Phi) is 5.41. The highest BCUT2D eigenvalue weighted by atomic mass is 19.4. The molecule has 1 heterocycles. The highest BCUT2D eigenvalue weighted by Gasteiger charge is 2.69. The topological polar surface area (TPSA) is 92.5 Å². The van der Waals surface area contributed by atoms with Gasteiger partial charge in [-0.25, -0.2) is 0 Å². The molecular formula is C16H21F6N3O3. The third-order valence-electron chi connectivity index (χ3n) is 5.86. The van der Waals surface area contributed by atoms with Crippen molar-refractivity contribution in [1.29, 1.82) is 0 Å². The summed E-state index contributed by atoms with van der Waals surface area (Å²) in [5.74, 6) is -8.16. The van der Waals surface area contributed by atoms with Gasteiger partial charge in [-0.2, -0.15) is 26.3 Å². The lowest BCUT2D eigenvalue weighted by atomic mass is 9.93. The standard InChI is InChI=1S/C16H21F6N3O3/c1-4-6(15(17,18)19)9(24-13(28)16(20,21)22)12(27)25-5-7-8(14(7,2)3)10(25)11(23)26/h6-10H,4-5H2,1-3H3,(H2,23,26)(H,24,28). The van der Waals surface area contributed by atoms with Gasteiger partial charge in [0.25, 0.3) is 0 Å². The Morgan fingerprint density at radius 3 is 2.11 bits per heavy atom. The molecule has 0 spiro atoms. The van der Waals surface area contributed by atoms with Crippen LogP contribution in [0.4, 0.5) is 26.3 Å². The van der Waals surface area contributed by atoms with Gasteiger partial charge >= 0.3 is 18.3 Å². The molecule has 5 unspecified atom stereocenters. The first-order valence-corrected chi connectivity index (χ1v) is 8.59. The Morgan fingerprint density at radius 1 is 1.18 bits per heavy atom. The van der Waals surface area contributed by atoms with E-state index >= 15 is 0 Å². The van der Waals surface area contributed by atoms with Crippen LogP contribution < -0.4 is 11.1 Å². The van der Waals surface area contributed by atoms with Gasteiger partial charge in [0.2, 0.25) is 11.8 Å². The van der Waals surface area contributed by atoms with Crippen LogP contribution in [0.1, 0.15) is 27.2 Å². The zero-order valence-electron chi connectivity index (χ0n) is 15.3. The molecule has 6 nitrogen and oxygen atoms in total. The van der Waals surface area contributed by atoms with Crippen LogP contribution in [0.15, 0.2) is 0 Å². The fourth-order valence-corrected chi connectivity index (χ4v) is 4.23. The summed E-state index contributed by atoms with van der Waals surface area (Å²) >= 11 is 0. The summed E-state index contributed by atoms with van der Waals surface area (Å²) < 4.78 is 77.8.